The third-order valence-corrected chi connectivity index (χ3v) is 3.47. The number of amides is 1. The molecule has 2 aromatic rings. The summed E-state index contributed by atoms with van der Waals surface area (Å²) in [5, 5.41) is 0. The SMILES string of the molecule is C#CC(c1ccccc1)N(C(=O)OC(C)(C)C)c1ccc(OC)cc1. The van der Waals surface area contributed by atoms with Crippen molar-refractivity contribution in [3.63, 3.8) is 0 Å². The van der Waals surface area contributed by atoms with Crippen molar-refractivity contribution in [2.24, 2.45) is 0 Å². The quantitative estimate of drug-likeness (QED) is 0.752. The summed E-state index contributed by atoms with van der Waals surface area (Å²) in [4.78, 5) is 14.4. The first-order valence-electron chi connectivity index (χ1n) is 8.03. The Balaban J connectivity index is 2.47. The van der Waals surface area contributed by atoms with Crippen LogP contribution < -0.4 is 9.64 Å². The lowest BCUT2D eigenvalue weighted by Crippen LogP contribution is -2.39. The zero-order valence-electron chi connectivity index (χ0n) is 15.0. The number of anilines is 1. The van der Waals surface area contributed by atoms with Gasteiger partial charge in [0.25, 0.3) is 0 Å². The van der Waals surface area contributed by atoms with Gasteiger partial charge in [0.15, 0.2) is 0 Å². The third-order valence-electron chi connectivity index (χ3n) is 3.47. The van der Waals surface area contributed by atoms with Crippen molar-refractivity contribution in [1.82, 2.24) is 0 Å². The predicted octanol–water partition coefficient (Wildman–Crippen LogP) is 4.81. The van der Waals surface area contributed by atoms with Crippen molar-refractivity contribution in [2.75, 3.05) is 12.0 Å². The van der Waals surface area contributed by atoms with Crippen LogP contribution in [0.2, 0.25) is 0 Å². The van der Waals surface area contributed by atoms with Gasteiger partial charge in [0, 0.05) is 5.69 Å². The topological polar surface area (TPSA) is 38.8 Å². The van der Waals surface area contributed by atoms with Crippen molar-refractivity contribution in [1.29, 1.82) is 0 Å². The molecule has 0 saturated heterocycles. The molecule has 0 radical (unpaired) electrons. The van der Waals surface area contributed by atoms with Crippen molar-refractivity contribution in [2.45, 2.75) is 32.4 Å². The summed E-state index contributed by atoms with van der Waals surface area (Å²) in [6.07, 6.45) is 5.28. The number of carbonyl (C=O) groups is 1. The number of rotatable bonds is 4. The van der Waals surface area contributed by atoms with Gasteiger partial charge in [0.05, 0.1) is 7.11 Å². The highest BCUT2D eigenvalue weighted by Crippen LogP contribution is 2.30. The van der Waals surface area contributed by atoms with Crippen LogP contribution in [0.1, 0.15) is 32.4 Å². The number of ether oxygens (including phenoxy) is 2. The molecule has 0 bridgehead atoms. The molecule has 25 heavy (non-hydrogen) atoms. The van der Waals surface area contributed by atoms with Gasteiger partial charge in [-0.25, -0.2) is 4.79 Å². The molecule has 0 aliphatic heterocycles. The number of carbonyl (C=O) groups excluding carboxylic acids is 1. The Morgan fingerprint density at radius 1 is 1.08 bits per heavy atom. The van der Waals surface area contributed by atoms with Gasteiger partial charge in [-0.05, 0) is 50.6 Å². The highest BCUT2D eigenvalue weighted by atomic mass is 16.6. The summed E-state index contributed by atoms with van der Waals surface area (Å²) in [6.45, 7) is 5.47. The molecule has 0 fully saturated rings. The lowest BCUT2D eigenvalue weighted by Gasteiger charge is -2.31. The van der Waals surface area contributed by atoms with E-state index < -0.39 is 17.7 Å². The molecular formula is C21H23NO3. The molecule has 1 amide bonds. The second-order valence-corrected chi connectivity index (χ2v) is 6.53. The van der Waals surface area contributed by atoms with Gasteiger partial charge < -0.3 is 9.47 Å². The van der Waals surface area contributed by atoms with Gasteiger partial charge >= 0.3 is 6.09 Å². The minimum absolute atomic E-state index is 0.496. The minimum atomic E-state index is -0.627. The largest absolute Gasteiger partial charge is 0.497 e. The van der Waals surface area contributed by atoms with E-state index in [0.717, 1.165) is 5.56 Å². The van der Waals surface area contributed by atoms with E-state index in [0.29, 0.717) is 11.4 Å². The third kappa shape index (κ3) is 4.77. The Bertz CT molecular complexity index is 739. The molecule has 0 aliphatic carbocycles. The molecule has 2 aromatic carbocycles. The van der Waals surface area contributed by atoms with E-state index >= 15 is 0 Å². The van der Waals surface area contributed by atoms with Gasteiger partial charge in [0.2, 0.25) is 0 Å². The van der Waals surface area contributed by atoms with Gasteiger partial charge in [-0.1, -0.05) is 36.3 Å². The molecule has 0 aromatic heterocycles. The predicted molar refractivity (Wildman–Crippen MR) is 99.7 cm³/mol. The first-order valence-corrected chi connectivity index (χ1v) is 8.03. The Labute approximate surface area is 149 Å². The van der Waals surface area contributed by atoms with Crippen LogP contribution in [0.3, 0.4) is 0 Å². The Kier molecular flexibility index (Phi) is 5.71. The molecule has 130 valence electrons. The molecule has 4 heteroatoms. The molecular weight excluding hydrogens is 314 g/mol. The molecule has 0 aliphatic rings. The minimum Gasteiger partial charge on any atom is -0.497 e. The average Bonchev–Trinajstić information content (AvgIpc) is 2.59. The second-order valence-electron chi connectivity index (χ2n) is 6.53. The standard InChI is InChI=1S/C21H23NO3/c1-6-19(16-10-8-7-9-11-16)22(20(23)25-21(2,3)4)17-12-14-18(24-5)15-13-17/h1,7-15,19H,2-5H3. The number of hydrogen-bond donors (Lipinski definition) is 0. The Morgan fingerprint density at radius 2 is 1.68 bits per heavy atom. The monoisotopic (exact) mass is 337 g/mol. The second kappa shape index (κ2) is 7.76. The number of methoxy groups -OCH3 is 1. The average molecular weight is 337 g/mol. The van der Waals surface area contributed by atoms with Crippen LogP contribution in [0.15, 0.2) is 54.6 Å². The lowest BCUT2D eigenvalue weighted by atomic mass is 10.1. The van der Waals surface area contributed by atoms with E-state index in [4.69, 9.17) is 15.9 Å². The molecule has 1 unspecified atom stereocenters. The summed E-state index contributed by atoms with van der Waals surface area (Å²) < 4.78 is 10.8. The van der Waals surface area contributed by atoms with Crippen molar-refractivity contribution in [3.8, 4) is 18.1 Å². The highest BCUT2D eigenvalue weighted by Gasteiger charge is 2.29. The maximum absolute atomic E-state index is 12.9. The van der Waals surface area contributed by atoms with E-state index in [9.17, 15) is 4.79 Å². The van der Waals surface area contributed by atoms with Crippen LogP contribution >= 0.6 is 0 Å². The first-order chi connectivity index (χ1) is 11.9. The Hall–Kier alpha value is -2.93. The van der Waals surface area contributed by atoms with Crippen molar-refractivity contribution >= 4 is 11.8 Å². The number of hydrogen-bond acceptors (Lipinski definition) is 3. The zero-order valence-corrected chi connectivity index (χ0v) is 15.0. The van der Waals surface area contributed by atoms with Crippen LogP contribution in [0, 0.1) is 12.3 Å². The normalized spacial score (nSPS) is 12.0. The fourth-order valence-corrected chi connectivity index (χ4v) is 2.37. The van der Waals surface area contributed by atoms with Gasteiger partial charge in [0.1, 0.15) is 17.4 Å². The van der Waals surface area contributed by atoms with Gasteiger partial charge in [-0.15, -0.1) is 6.42 Å². The van der Waals surface area contributed by atoms with E-state index in [2.05, 4.69) is 5.92 Å². The van der Waals surface area contributed by atoms with E-state index in [1.54, 1.807) is 31.4 Å². The number of benzene rings is 2. The molecule has 1 atom stereocenters. The molecule has 0 N–H and O–H groups in total. The summed E-state index contributed by atoms with van der Waals surface area (Å²) in [5.41, 5.74) is 0.853. The molecule has 0 saturated carbocycles. The fraction of sp³-hybridized carbons (Fsp3) is 0.286. The van der Waals surface area contributed by atoms with Gasteiger partial charge in [-0.3, -0.25) is 4.90 Å². The molecule has 0 spiro atoms. The smallest absolute Gasteiger partial charge is 0.416 e. The van der Waals surface area contributed by atoms with E-state index in [1.807, 2.05) is 51.1 Å². The highest BCUT2D eigenvalue weighted by molar-refractivity contribution is 5.89. The number of nitrogens with zero attached hydrogens (tertiary/aromatic N) is 1. The van der Waals surface area contributed by atoms with Crippen LogP contribution in [0.25, 0.3) is 0 Å². The van der Waals surface area contributed by atoms with Gasteiger partial charge in [-0.2, -0.15) is 0 Å². The van der Waals surface area contributed by atoms with Crippen LogP contribution in [0.5, 0.6) is 5.75 Å². The van der Waals surface area contributed by atoms with Crippen molar-refractivity contribution < 1.29 is 14.3 Å². The maximum Gasteiger partial charge on any atom is 0.416 e. The Morgan fingerprint density at radius 3 is 2.16 bits per heavy atom. The van der Waals surface area contributed by atoms with Crippen LogP contribution in [-0.4, -0.2) is 18.8 Å². The molecule has 0 heterocycles. The summed E-state index contributed by atoms with van der Waals surface area (Å²) in [5.74, 6) is 3.40. The zero-order chi connectivity index (χ0) is 18.4. The summed E-state index contributed by atoms with van der Waals surface area (Å²) >= 11 is 0. The fourth-order valence-electron chi connectivity index (χ4n) is 2.37. The maximum atomic E-state index is 12.9. The molecule has 4 nitrogen and oxygen atoms in total. The van der Waals surface area contributed by atoms with Crippen LogP contribution in [-0.2, 0) is 4.74 Å². The van der Waals surface area contributed by atoms with E-state index in [1.165, 1.54) is 4.90 Å². The van der Waals surface area contributed by atoms with E-state index in [-0.39, 0.29) is 0 Å². The first kappa shape index (κ1) is 18.4. The number of terminal acetylenes is 1. The summed E-state index contributed by atoms with van der Waals surface area (Å²) in [6, 6.07) is 16.0. The molecule has 2 rings (SSSR count). The van der Waals surface area contributed by atoms with Crippen molar-refractivity contribution in [3.05, 3.63) is 60.2 Å². The lowest BCUT2D eigenvalue weighted by molar-refractivity contribution is 0.0572. The summed E-state index contributed by atoms with van der Waals surface area (Å²) in [7, 11) is 1.59. The van der Waals surface area contributed by atoms with Crippen LogP contribution in [0.4, 0.5) is 10.5 Å².